The van der Waals surface area contributed by atoms with E-state index in [4.69, 9.17) is 0 Å². The summed E-state index contributed by atoms with van der Waals surface area (Å²) in [5, 5.41) is 2.08. The number of hydrogen-bond acceptors (Lipinski definition) is 4. The zero-order valence-corrected chi connectivity index (χ0v) is 21.4. The Morgan fingerprint density at radius 1 is 0.800 bits per heavy atom. The van der Waals surface area contributed by atoms with Crippen molar-refractivity contribution in [2.75, 3.05) is 26.2 Å². The summed E-state index contributed by atoms with van der Waals surface area (Å²) >= 11 is 1.68. The van der Waals surface area contributed by atoms with E-state index in [1.54, 1.807) is 11.3 Å². The first kappa shape index (κ1) is 23.2. The SMILES string of the molecule is O=C(C1c2ccccc2C(=O)N(C2CCCC2)C1c1cccs1)N1CCC(N2CCCCC2)CC1. The summed E-state index contributed by atoms with van der Waals surface area (Å²) in [4.78, 5) is 36.3. The molecule has 0 radical (unpaired) electrons. The fourth-order valence-electron chi connectivity index (χ4n) is 7.10. The van der Waals surface area contributed by atoms with Gasteiger partial charge in [0, 0.05) is 35.6 Å². The van der Waals surface area contributed by atoms with Gasteiger partial charge in [0.15, 0.2) is 0 Å². The maximum absolute atomic E-state index is 14.4. The molecule has 186 valence electrons. The molecule has 1 aliphatic carbocycles. The molecule has 2 aromatic rings. The number of benzene rings is 1. The van der Waals surface area contributed by atoms with Crippen LogP contribution < -0.4 is 0 Å². The van der Waals surface area contributed by atoms with Gasteiger partial charge in [-0.25, -0.2) is 0 Å². The first-order valence-electron chi connectivity index (χ1n) is 13.7. The van der Waals surface area contributed by atoms with Crippen LogP contribution in [0.15, 0.2) is 41.8 Å². The Balaban J connectivity index is 1.32. The molecule has 1 aromatic heterocycles. The van der Waals surface area contributed by atoms with Crippen LogP contribution in [0.4, 0.5) is 0 Å². The quantitative estimate of drug-likeness (QED) is 0.571. The van der Waals surface area contributed by atoms with E-state index in [1.807, 2.05) is 24.3 Å². The Bertz CT molecular complexity index is 1030. The van der Waals surface area contributed by atoms with Crippen LogP contribution in [0.2, 0.25) is 0 Å². The van der Waals surface area contributed by atoms with Gasteiger partial charge in [-0.15, -0.1) is 11.3 Å². The van der Waals surface area contributed by atoms with Crippen molar-refractivity contribution in [2.24, 2.45) is 0 Å². The van der Waals surface area contributed by atoms with Crippen LogP contribution in [0.3, 0.4) is 0 Å². The third-order valence-electron chi connectivity index (χ3n) is 8.88. The Labute approximate surface area is 213 Å². The highest BCUT2D eigenvalue weighted by molar-refractivity contribution is 7.10. The van der Waals surface area contributed by atoms with E-state index < -0.39 is 0 Å². The number of thiophene rings is 1. The lowest BCUT2D eigenvalue weighted by Gasteiger charge is -2.46. The molecule has 1 aromatic carbocycles. The van der Waals surface area contributed by atoms with E-state index in [0.717, 1.165) is 67.6 Å². The van der Waals surface area contributed by atoms with Crippen LogP contribution in [-0.2, 0) is 4.79 Å². The molecule has 6 heteroatoms. The number of carbonyl (C=O) groups is 2. The van der Waals surface area contributed by atoms with Gasteiger partial charge in [-0.2, -0.15) is 0 Å². The van der Waals surface area contributed by atoms with Gasteiger partial charge in [0.05, 0.1) is 12.0 Å². The molecule has 3 fully saturated rings. The molecule has 35 heavy (non-hydrogen) atoms. The first-order chi connectivity index (χ1) is 17.2. The smallest absolute Gasteiger partial charge is 0.254 e. The van der Waals surface area contributed by atoms with Gasteiger partial charge in [0.25, 0.3) is 5.91 Å². The Kier molecular flexibility index (Phi) is 6.68. The maximum Gasteiger partial charge on any atom is 0.254 e. The van der Waals surface area contributed by atoms with E-state index in [-0.39, 0.29) is 29.8 Å². The highest BCUT2D eigenvalue weighted by Gasteiger charge is 2.48. The lowest BCUT2D eigenvalue weighted by atomic mass is 9.80. The third kappa shape index (κ3) is 4.33. The number of piperidine rings is 2. The van der Waals surface area contributed by atoms with Crippen LogP contribution in [-0.4, -0.2) is 64.8 Å². The minimum atomic E-state index is -0.324. The third-order valence-corrected chi connectivity index (χ3v) is 9.82. The zero-order valence-electron chi connectivity index (χ0n) is 20.6. The van der Waals surface area contributed by atoms with Crippen molar-refractivity contribution >= 4 is 23.2 Å². The summed E-state index contributed by atoms with van der Waals surface area (Å²) in [6.45, 7) is 4.08. The van der Waals surface area contributed by atoms with Gasteiger partial charge in [-0.05, 0) is 74.7 Å². The first-order valence-corrected chi connectivity index (χ1v) is 14.6. The lowest BCUT2D eigenvalue weighted by molar-refractivity contribution is -0.136. The number of rotatable bonds is 4. The van der Waals surface area contributed by atoms with Crippen molar-refractivity contribution < 1.29 is 9.59 Å². The lowest BCUT2D eigenvalue weighted by Crippen LogP contribution is -2.53. The standard InChI is InChI=1S/C29H37N3O2S/c33-28-24-12-5-4-11-23(24)26(27(25-13-8-20-35-25)32(28)22-9-2-3-10-22)29(34)31-18-14-21(15-19-31)30-16-6-1-7-17-30/h4-5,8,11-13,20-22,26-27H,1-3,6-7,9-10,14-19H2. The average Bonchev–Trinajstić information content (AvgIpc) is 3.64. The van der Waals surface area contributed by atoms with Gasteiger partial charge < -0.3 is 14.7 Å². The number of carbonyl (C=O) groups excluding carboxylic acids is 2. The molecule has 2 saturated heterocycles. The maximum atomic E-state index is 14.4. The Hall–Kier alpha value is -2.18. The second-order valence-corrected chi connectivity index (χ2v) is 11.8. The van der Waals surface area contributed by atoms with Crippen molar-refractivity contribution in [2.45, 2.75) is 81.8 Å². The molecule has 2 unspecified atom stereocenters. The van der Waals surface area contributed by atoms with E-state index in [0.29, 0.717) is 6.04 Å². The minimum Gasteiger partial charge on any atom is -0.342 e. The van der Waals surface area contributed by atoms with E-state index in [2.05, 4.69) is 32.2 Å². The normalized spacial score (nSPS) is 26.8. The molecule has 2 atom stereocenters. The van der Waals surface area contributed by atoms with Gasteiger partial charge in [0.1, 0.15) is 0 Å². The molecule has 3 aliphatic heterocycles. The zero-order chi connectivity index (χ0) is 23.8. The van der Waals surface area contributed by atoms with Gasteiger partial charge >= 0.3 is 0 Å². The van der Waals surface area contributed by atoms with E-state index in [9.17, 15) is 9.59 Å². The van der Waals surface area contributed by atoms with Crippen molar-refractivity contribution in [1.82, 2.24) is 14.7 Å². The number of nitrogens with zero attached hydrogens (tertiary/aromatic N) is 3. The predicted molar refractivity (Wildman–Crippen MR) is 140 cm³/mol. The number of hydrogen-bond donors (Lipinski definition) is 0. The average molecular weight is 492 g/mol. The van der Waals surface area contributed by atoms with Crippen molar-refractivity contribution in [1.29, 1.82) is 0 Å². The molecule has 0 bridgehead atoms. The summed E-state index contributed by atoms with van der Waals surface area (Å²) in [6.07, 6.45) is 10.5. The molecule has 5 nitrogen and oxygen atoms in total. The Morgan fingerprint density at radius 3 is 2.26 bits per heavy atom. The summed E-state index contributed by atoms with van der Waals surface area (Å²) in [5.41, 5.74) is 1.65. The van der Waals surface area contributed by atoms with Crippen LogP contribution in [0.1, 0.15) is 90.5 Å². The Morgan fingerprint density at radius 2 is 1.54 bits per heavy atom. The topological polar surface area (TPSA) is 43.9 Å². The van der Waals surface area contributed by atoms with Crippen LogP contribution in [0, 0.1) is 0 Å². The van der Waals surface area contributed by atoms with Crippen LogP contribution in [0.5, 0.6) is 0 Å². The van der Waals surface area contributed by atoms with Crippen LogP contribution in [0.25, 0.3) is 0 Å². The molecule has 1 saturated carbocycles. The summed E-state index contributed by atoms with van der Waals surface area (Å²) in [6, 6.07) is 12.7. The summed E-state index contributed by atoms with van der Waals surface area (Å²) in [5.74, 6) is -0.00288. The second-order valence-electron chi connectivity index (χ2n) is 10.8. The van der Waals surface area contributed by atoms with E-state index >= 15 is 0 Å². The van der Waals surface area contributed by atoms with Crippen molar-refractivity contribution in [3.8, 4) is 0 Å². The number of fused-ring (bicyclic) bond motifs is 1. The van der Waals surface area contributed by atoms with E-state index in [1.165, 1.54) is 32.4 Å². The molecule has 4 aliphatic rings. The van der Waals surface area contributed by atoms with Gasteiger partial charge in [-0.3, -0.25) is 9.59 Å². The molecular weight excluding hydrogens is 454 g/mol. The fraction of sp³-hybridized carbons (Fsp3) is 0.586. The predicted octanol–water partition coefficient (Wildman–Crippen LogP) is 5.45. The van der Waals surface area contributed by atoms with Gasteiger partial charge in [0.2, 0.25) is 5.91 Å². The molecule has 0 N–H and O–H groups in total. The van der Waals surface area contributed by atoms with Crippen LogP contribution >= 0.6 is 11.3 Å². The highest BCUT2D eigenvalue weighted by atomic mass is 32.1. The molecule has 4 heterocycles. The molecular formula is C29H37N3O2S. The largest absolute Gasteiger partial charge is 0.342 e. The number of likely N-dealkylation sites (tertiary alicyclic amines) is 2. The highest BCUT2D eigenvalue weighted by Crippen LogP contribution is 2.48. The molecule has 0 spiro atoms. The number of amides is 2. The van der Waals surface area contributed by atoms with Crippen molar-refractivity contribution in [3.63, 3.8) is 0 Å². The van der Waals surface area contributed by atoms with Crippen molar-refractivity contribution in [3.05, 3.63) is 57.8 Å². The molecule has 6 rings (SSSR count). The minimum absolute atomic E-state index is 0.110. The summed E-state index contributed by atoms with van der Waals surface area (Å²) in [7, 11) is 0. The fourth-order valence-corrected chi connectivity index (χ4v) is 7.96. The monoisotopic (exact) mass is 491 g/mol. The van der Waals surface area contributed by atoms with Gasteiger partial charge in [-0.1, -0.05) is 43.5 Å². The summed E-state index contributed by atoms with van der Waals surface area (Å²) < 4.78 is 0. The molecule has 2 amide bonds. The second kappa shape index (κ2) is 10.1.